The summed E-state index contributed by atoms with van der Waals surface area (Å²) >= 11 is 0. The SMILES string of the molecule is CCCCCC(O)CNC(=O)OCC1c2ccccc2-c2ccccc21. The highest BCUT2D eigenvalue weighted by molar-refractivity contribution is 5.79. The van der Waals surface area contributed by atoms with E-state index >= 15 is 0 Å². The van der Waals surface area contributed by atoms with Crippen molar-refractivity contribution in [2.75, 3.05) is 13.2 Å². The third-order valence-electron chi connectivity index (χ3n) is 4.97. The number of benzene rings is 2. The molecule has 0 aromatic heterocycles. The smallest absolute Gasteiger partial charge is 0.407 e. The van der Waals surface area contributed by atoms with E-state index < -0.39 is 12.2 Å². The van der Waals surface area contributed by atoms with Crippen LogP contribution in [0.3, 0.4) is 0 Å². The number of hydrogen-bond donors (Lipinski definition) is 2. The van der Waals surface area contributed by atoms with Gasteiger partial charge in [0.05, 0.1) is 6.10 Å². The van der Waals surface area contributed by atoms with Gasteiger partial charge in [0.25, 0.3) is 0 Å². The largest absolute Gasteiger partial charge is 0.449 e. The molecule has 1 unspecified atom stereocenters. The molecule has 0 bridgehead atoms. The molecule has 0 radical (unpaired) electrons. The first-order valence-corrected chi connectivity index (χ1v) is 9.47. The van der Waals surface area contributed by atoms with Crippen LogP contribution >= 0.6 is 0 Å². The Hall–Kier alpha value is -2.33. The molecule has 1 aliphatic carbocycles. The molecule has 2 N–H and O–H groups in total. The van der Waals surface area contributed by atoms with Crippen LogP contribution in [0.25, 0.3) is 11.1 Å². The Morgan fingerprint density at radius 1 is 1.08 bits per heavy atom. The highest BCUT2D eigenvalue weighted by Crippen LogP contribution is 2.44. The Bertz CT molecular complexity index is 698. The van der Waals surface area contributed by atoms with Crippen LogP contribution < -0.4 is 5.32 Å². The van der Waals surface area contributed by atoms with Gasteiger partial charge < -0.3 is 15.2 Å². The van der Waals surface area contributed by atoms with Crippen LogP contribution in [0.5, 0.6) is 0 Å². The van der Waals surface area contributed by atoms with E-state index in [0.29, 0.717) is 13.0 Å². The minimum atomic E-state index is -0.512. The molecule has 0 saturated heterocycles. The van der Waals surface area contributed by atoms with Crippen molar-refractivity contribution in [3.05, 3.63) is 59.7 Å². The first kappa shape index (κ1) is 18.5. The summed E-state index contributed by atoms with van der Waals surface area (Å²) in [6, 6.07) is 16.5. The Morgan fingerprint density at radius 3 is 2.31 bits per heavy atom. The van der Waals surface area contributed by atoms with Crippen molar-refractivity contribution in [2.24, 2.45) is 0 Å². The van der Waals surface area contributed by atoms with Gasteiger partial charge in [-0.05, 0) is 28.7 Å². The average molecular weight is 353 g/mol. The van der Waals surface area contributed by atoms with E-state index in [1.54, 1.807) is 0 Å². The van der Waals surface area contributed by atoms with Gasteiger partial charge in [-0.3, -0.25) is 0 Å². The number of alkyl carbamates (subject to hydrolysis) is 1. The van der Waals surface area contributed by atoms with Crippen LogP contribution in [0.4, 0.5) is 4.79 Å². The summed E-state index contributed by atoms with van der Waals surface area (Å²) in [4.78, 5) is 12.0. The molecule has 0 heterocycles. The lowest BCUT2D eigenvalue weighted by Crippen LogP contribution is -2.33. The number of aliphatic hydroxyl groups is 1. The predicted molar refractivity (Wildman–Crippen MR) is 103 cm³/mol. The van der Waals surface area contributed by atoms with E-state index in [9.17, 15) is 9.90 Å². The van der Waals surface area contributed by atoms with Crippen molar-refractivity contribution >= 4 is 6.09 Å². The molecule has 26 heavy (non-hydrogen) atoms. The van der Waals surface area contributed by atoms with Gasteiger partial charge in [0, 0.05) is 12.5 Å². The second-order valence-corrected chi connectivity index (χ2v) is 6.86. The third-order valence-corrected chi connectivity index (χ3v) is 4.97. The number of nitrogens with one attached hydrogen (secondary N) is 1. The van der Waals surface area contributed by atoms with Crippen molar-refractivity contribution in [1.82, 2.24) is 5.32 Å². The van der Waals surface area contributed by atoms with Crippen molar-refractivity contribution < 1.29 is 14.6 Å². The van der Waals surface area contributed by atoms with Gasteiger partial charge in [-0.25, -0.2) is 4.79 Å². The van der Waals surface area contributed by atoms with Gasteiger partial charge in [-0.2, -0.15) is 0 Å². The van der Waals surface area contributed by atoms with Gasteiger partial charge in [0.15, 0.2) is 0 Å². The highest BCUT2D eigenvalue weighted by Gasteiger charge is 2.28. The van der Waals surface area contributed by atoms with Crippen LogP contribution in [-0.2, 0) is 4.74 Å². The van der Waals surface area contributed by atoms with Gasteiger partial charge >= 0.3 is 6.09 Å². The zero-order valence-electron chi connectivity index (χ0n) is 15.3. The Labute approximate surface area is 155 Å². The fourth-order valence-electron chi connectivity index (χ4n) is 3.58. The molecule has 1 aliphatic rings. The van der Waals surface area contributed by atoms with Gasteiger partial charge in [0.2, 0.25) is 0 Å². The van der Waals surface area contributed by atoms with Crippen LogP contribution in [-0.4, -0.2) is 30.5 Å². The Morgan fingerprint density at radius 2 is 1.69 bits per heavy atom. The van der Waals surface area contributed by atoms with Gasteiger partial charge in [-0.15, -0.1) is 0 Å². The number of carbonyl (C=O) groups excluding carboxylic acids is 1. The summed E-state index contributed by atoms with van der Waals surface area (Å²) in [5.41, 5.74) is 4.81. The summed E-state index contributed by atoms with van der Waals surface area (Å²) < 4.78 is 5.45. The van der Waals surface area contributed by atoms with E-state index in [-0.39, 0.29) is 12.5 Å². The molecule has 2 aromatic rings. The van der Waals surface area contributed by atoms with Crippen molar-refractivity contribution in [3.8, 4) is 11.1 Å². The second-order valence-electron chi connectivity index (χ2n) is 6.86. The molecule has 0 spiro atoms. The van der Waals surface area contributed by atoms with Crippen molar-refractivity contribution in [3.63, 3.8) is 0 Å². The normalized spacial score (nSPS) is 13.8. The number of carbonyl (C=O) groups is 1. The maximum atomic E-state index is 12.0. The lowest BCUT2D eigenvalue weighted by atomic mass is 9.98. The molecule has 1 amide bonds. The minimum absolute atomic E-state index is 0.0580. The molecule has 0 saturated carbocycles. The number of unbranched alkanes of at least 4 members (excludes halogenated alkanes) is 2. The summed E-state index contributed by atoms with van der Waals surface area (Å²) in [7, 11) is 0. The molecule has 138 valence electrons. The highest BCUT2D eigenvalue weighted by atomic mass is 16.5. The van der Waals surface area contributed by atoms with Crippen molar-refractivity contribution in [1.29, 1.82) is 0 Å². The molecule has 1 atom stereocenters. The lowest BCUT2D eigenvalue weighted by molar-refractivity contribution is 0.124. The topological polar surface area (TPSA) is 58.6 Å². The van der Waals surface area contributed by atoms with Crippen LogP contribution in [0, 0.1) is 0 Å². The van der Waals surface area contributed by atoms with Gasteiger partial charge in [0.1, 0.15) is 6.61 Å². The van der Waals surface area contributed by atoms with Crippen LogP contribution in [0.1, 0.15) is 49.7 Å². The third kappa shape index (κ3) is 4.25. The molecular formula is C22H27NO3. The van der Waals surface area contributed by atoms with Crippen molar-refractivity contribution in [2.45, 2.75) is 44.6 Å². The summed E-state index contributed by atoms with van der Waals surface area (Å²) in [5, 5.41) is 12.6. The number of rotatable bonds is 8. The average Bonchev–Trinajstić information content (AvgIpc) is 2.99. The molecular weight excluding hydrogens is 326 g/mol. The van der Waals surface area contributed by atoms with E-state index in [2.05, 4.69) is 36.5 Å². The number of aliphatic hydroxyl groups excluding tert-OH is 1. The Balaban J connectivity index is 1.54. The fraction of sp³-hybridized carbons (Fsp3) is 0.409. The lowest BCUT2D eigenvalue weighted by Gasteiger charge is -2.16. The standard InChI is InChI=1S/C22H27NO3/c1-2-3-4-9-16(24)14-23-22(25)26-15-21-19-12-7-5-10-17(19)18-11-6-8-13-20(18)21/h5-8,10-13,16,21,24H,2-4,9,14-15H2,1H3,(H,23,25). The maximum Gasteiger partial charge on any atom is 0.407 e. The first-order chi connectivity index (χ1) is 12.7. The molecule has 0 aliphatic heterocycles. The van der Waals surface area contributed by atoms with E-state index in [4.69, 9.17) is 4.74 Å². The first-order valence-electron chi connectivity index (χ1n) is 9.47. The molecule has 2 aromatic carbocycles. The fourth-order valence-corrected chi connectivity index (χ4v) is 3.58. The number of ether oxygens (including phenoxy) is 1. The molecule has 4 nitrogen and oxygen atoms in total. The zero-order valence-corrected chi connectivity index (χ0v) is 15.3. The van der Waals surface area contributed by atoms with E-state index in [0.717, 1.165) is 19.3 Å². The molecule has 3 rings (SSSR count). The monoisotopic (exact) mass is 353 g/mol. The molecule has 0 fully saturated rings. The molecule has 4 heteroatoms. The quantitative estimate of drug-likeness (QED) is 0.689. The summed E-state index contributed by atoms with van der Waals surface area (Å²) in [6.45, 7) is 2.66. The Kier molecular flexibility index (Phi) is 6.29. The van der Waals surface area contributed by atoms with E-state index in [1.807, 2.05) is 24.3 Å². The number of amides is 1. The van der Waals surface area contributed by atoms with Crippen LogP contribution in [0.15, 0.2) is 48.5 Å². The minimum Gasteiger partial charge on any atom is -0.449 e. The van der Waals surface area contributed by atoms with Crippen LogP contribution in [0.2, 0.25) is 0 Å². The van der Waals surface area contributed by atoms with E-state index in [1.165, 1.54) is 22.3 Å². The zero-order chi connectivity index (χ0) is 18.4. The maximum absolute atomic E-state index is 12.0. The second kappa shape index (κ2) is 8.86. The summed E-state index contributed by atoms with van der Waals surface area (Å²) in [5.74, 6) is 0.0580. The number of fused-ring (bicyclic) bond motifs is 3. The predicted octanol–water partition coefficient (Wildman–Crippen LogP) is 4.47. The number of hydrogen-bond acceptors (Lipinski definition) is 3. The summed E-state index contributed by atoms with van der Waals surface area (Å²) in [6.07, 6.45) is 2.92. The van der Waals surface area contributed by atoms with Gasteiger partial charge in [-0.1, -0.05) is 74.7 Å².